The summed E-state index contributed by atoms with van der Waals surface area (Å²) in [7, 11) is 0. The number of nitrogens with zero attached hydrogens (tertiary/aromatic N) is 3. The number of pyridine rings is 1. The van der Waals surface area contributed by atoms with Crippen molar-refractivity contribution >= 4 is 17.8 Å². The molecular weight excluding hydrogens is 262 g/mol. The molecule has 0 atom stereocenters. The molecule has 2 rings (SSSR count). The number of carbonyl (C=O) groups is 3. The largest absolute Gasteiger partial charge is 0.480 e. The molecule has 0 radical (unpaired) electrons. The molecule has 0 aromatic carbocycles. The van der Waals surface area contributed by atoms with Crippen molar-refractivity contribution in [2.75, 3.05) is 26.2 Å². The van der Waals surface area contributed by atoms with Crippen molar-refractivity contribution in [1.29, 1.82) is 0 Å². The Balaban J connectivity index is 2.06. The van der Waals surface area contributed by atoms with Gasteiger partial charge in [0.15, 0.2) is 0 Å². The van der Waals surface area contributed by atoms with Gasteiger partial charge in [-0.2, -0.15) is 0 Å². The molecule has 0 saturated carbocycles. The summed E-state index contributed by atoms with van der Waals surface area (Å²) in [5.41, 5.74) is 1.07. The number of carboxylic acids is 1. The molecular formula is C13H15N3O4. The van der Waals surface area contributed by atoms with Crippen molar-refractivity contribution in [3.8, 4) is 0 Å². The quantitative estimate of drug-likeness (QED) is 0.823. The van der Waals surface area contributed by atoms with E-state index in [0.717, 1.165) is 5.56 Å². The van der Waals surface area contributed by atoms with E-state index in [4.69, 9.17) is 5.11 Å². The fourth-order valence-corrected chi connectivity index (χ4v) is 2.07. The number of rotatable bonds is 3. The first-order chi connectivity index (χ1) is 9.49. The topological polar surface area (TPSA) is 90.8 Å². The summed E-state index contributed by atoms with van der Waals surface area (Å²) in [6.45, 7) is 1.88. The number of carboxylic acid groups (broad SMARTS) is 1. The molecule has 1 aromatic heterocycles. The van der Waals surface area contributed by atoms with Gasteiger partial charge in [-0.15, -0.1) is 0 Å². The number of aliphatic carboxylic acids is 1. The number of hydrogen-bond acceptors (Lipinski definition) is 4. The molecule has 2 heterocycles. The summed E-state index contributed by atoms with van der Waals surface area (Å²) < 4.78 is 0. The van der Waals surface area contributed by atoms with Crippen molar-refractivity contribution in [3.63, 3.8) is 0 Å². The van der Waals surface area contributed by atoms with Crippen LogP contribution in [-0.2, 0) is 9.59 Å². The van der Waals surface area contributed by atoms with Crippen LogP contribution >= 0.6 is 0 Å². The fraction of sp³-hybridized carbons (Fsp3) is 0.385. The van der Waals surface area contributed by atoms with Gasteiger partial charge in [-0.05, 0) is 18.6 Å². The number of amides is 2. The molecule has 0 bridgehead atoms. The minimum absolute atomic E-state index is 0.109. The zero-order chi connectivity index (χ0) is 14.7. The van der Waals surface area contributed by atoms with Crippen molar-refractivity contribution in [1.82, 2.24) is 14.8 Å². The Morgan fingerprint density at radius 3 is 2.75 bits per heavy atom. The third-order valence-corrected chi connectivity index (χ3v) is 3.14. The van der Waals surface area contributed by atoms with Gasteiger partial charge in [0, 0.05) is 19.3 Å². The predicted molar refractivity (Wildman–Crippen MR) is 69.1 cm³/mol. The monoisotopic (exact) mass is 277 g/mol. The van der Waals surface area contributed by atoms with E-state index in [2.05, 4.69) is 4.98 Å². The summed E-state index contributed by atoms with van der Waals surface area (Å²) >= 11 is 0. The van der Waals surface area contributed by atoms with E-state index in [0.29, 0.717) is 12.2 Å². The van der Waals surface area contributed by atoms with Crippen LogP contribution in [0, 0.1) is 6.92 Å². The molecule has 1 N–H and O–H groups in total. The Labute approximate surface area is 115 Å². The zero-order valence-corrected chi connectivity index (χ0v) is 11.1. The van der Waals surface area contributed by atoms with Gasteiger partial charge in [-0.25, -0.2) is 0 Å². The number of carbonyl (C=O) groups excluding carboxylic acids is 2. The molecule has 2 amide bonds. The van der Waals surface area contributed by atoms with E-state index >= 15 is 0 Å². The summed E-state index contributed by atoms with van der Waals surface area (Å²) in [6.07, 6.45) is 1.53. The highest BCUT2D eigenvalue weighted by Gasteiger charge is 2.29. The Hall–Kier alpha value is -2.44. The lowest BCUT2D eigenvalue weighted by Gasteiger charge is -2.33. The minimum Gasteiger partial charge on any atom is -0.480 e. The van der Waals surface area contributed by atoms with Gasteiger partial charge in [0.2, 0.25) is 5.91 Å². The smallest absolute Gasteiger partial charge is 0.323 e. The maximum absolute atomic E-state index is 12.3. The van der Waals surface area contributed by atoms with Gasteiger partial charge in [0.1, 0.15) is 18.8 Å². The molecule has 20 heavy (non-hydrogen) atoms. The molecule has 1 aromatic rings. The first kappa shape index (κ1) is 14.0. The average Bonchev–Trinajstić information content (AvgIpc) is 2.40. The molecule has 106 valence electrons. The van der Waals surface area contributed by atoms with E-state index in [1.54, 1.807) is 19.1 Å². The fourth-order valence-electron chi connectivity index (χ4n) is 2.07. The standard InChI is InChI=1S/C13H15N3O4/c1-9-3-2-4-14-12(9)13(20)16-6-5-15(8-11(18)19)10(17)7-16/h2-4H,5-8H2,1H3,(H,18,19). The molecule has 7 heteroatoms. The maximum atomic E-state index is 12.3. The first-order valence-electron chi connectivity index (χ1n) is 6.19. The normalized spacial score (nSPS) is 15.3. The number of aryl methyl sites for hydroxylation is 1. The van der Waals surface area contributed by atoms with Crippen molar-refractivity contribution in [3.05, 3.63) is 29.6 Å². The summed E-state index contributed by atoms with van der Waals surface area (Å²) in [6, 6.07) is 3.52. The first-order valence-corrected chi connectivity index (χ1v) is 6.19. The number of aromatic nitrogens is 1. The molecule has 1 aliphatic heterocycles. The number of hydrogen-bond donors (Lipinski definition) is 1. The minimum atomic E-state index is -1.06. The van der Waals surface area contributed by atoms with E-state index < -0.39 is 5.97 Å². The lowest BCUT2D eigenvalue weighted by molar-refractivity contribution is -0.146. The molecule has 7 nitrogen and oxygen atoms in total. The van der Waals surface area contributed by atoms with E-state index in [1.165, 1.54) is 16.0 Å². The summed E-state index contributed by atoms with van der Waals surface area (Å²) in [4.78, 5) is 41.4. The van der Waals surface area contributed by atoms with Gasteiger partial charge in [0.25, 0.3) is 5.91 Å². The SMILES string of the molecule is Cc1cccnc1C(=O)N1CCN(CC(=O)O)C(=O)C1. The molecule has 1 aliphatic rings. The van der Waals surface area contributed by atoms with Crippen molar-refractivity contribution in [2.24, 2.45) is 0 Å². The van der Waals surface area contributed by atoms with Crippen LogP contribution in [0.15, 0.2) is 18.3 Å². The van der Waals surface area contributed by atoms with Crippen LogP contribution in [0.1, 0.15) is 16.1 Å². The highest BCUT2D eigenvalue weighted by Crippen LogP contribution is 2.11. The van der Waals surface area contributed by atoms with Gasteiger partial charge < -0.3 is 14.9 Å². The van der Waals surface area contributed by atoms with Crippen molar-refractivity contribution in [2.45, 2.75) is 6.92 Å². The Morgan fingerprint density at radius 1 is 1.40 bits per heavy atom. The van der Waals surface area contributed by atoms with Crippen LogP contribution in [0.4, 0.5) is 0 Å². The molecule has 0 unspecified atom stereocenters. The molecule has 0 aliphatic carbocycles. The second-order valence-electron chi connectivity index (χ2n) is 4.60. The second-order valence-corrected chi connectivity index (χ2v) is 4.60. The second kappa shape index (κ2) is 5.68. The number of piperazine rings is 1. The lowest BCUT2D eigenvalue weighted by atomic mass is 10.2. The summed E-state index contributed by atoms with van der Waals surface area (Å²) in [5, 5.41) is 8.69. The van der Waals surface area contributed by atoms with Crippen LogP contribution < -0.4 is 0 Å². The molecule has 1 saturated heterocycles. The van der Waals surface area contributed by atoms with Gasteiger partial charge in [-0.1, -0.05) is 6.07 Å². The molecule has 1 fully saturated rings. The third kappa shape index (κ3) is 2.93. The molecule has 0 spiro atoms. The van der Waals surface area contributed by atoms with Gasteiger partial charge in [-0.3, -0.25) is 19.4 Å². The van der Waals surface area contributed by atoms with E-state index in [-0.39, 0.29) is 31.4 Å². The van der Waals surface area contributed by atoms with Crippen LogP contribution in [0.5, 0.6) is 0 Å². The van der Waals surface area contributed by atoms with Crippen LogP contribution in [-0.4, -0.2) is 63.9 Å². The zero-order valence-electron chi connectivity index (χ0n) is 11.1. The van der Waals surface area contributed by atoms with Gasteiger partial charge in [0.05, 0.1) is 0 Å². The van der Waals surface area contributed by atoms with Crippen LogP contribution in [0.25, 0.3) is 0 Å². The van der Waals surface area contributed by atoms with Crippen LogP contribution in [0.2, 0.25) is 0 Å². The van der Waals surface area contributed by atoms with E-state index in [9.17, 15) is 14.4 Å². The maximum Gasteiger partial charge on any atom is 0.323 e. The highest BCUT2D eigenvalue weighted by molar-refractivity contribution is 5.96. The lowest BCUT2D eigenvalue weighted by Crippen LogP contribution is -2.53. The third-order valence-electron chi connectivity index (χ3n) is 3.14. The Kier molecular flexibility index (Phi) is 3.97. The van der Waals surface area contributed by atoms with E-state index in [1.807, 2.05) is 0 Å². The predicted octanol–water partition coefficient (Wildman–Crippen LogP) is -0.241. The Morgan fingerprint density at radius 2 is 2.15 bits per heavy atom. The van der Waals surface area contributed by atoms with Crippen molar-refractivity contribution < 1.29 is 19.5 Å². The van der Waals surface area contributed by atoms with Crippen LogP contribution in [0.3, 0.4) is 0 Å². The summed E-state index contributed by atoms with van der Waals surface area (Å²) in [5.74, 6) is -1.72. The highest BCUT2D eigenvalue weighted by atomic mass is 16.4. The van der Waals surface area contributed by atoms with Gasteiger partial charge >= 0.3 is 5.97 Å². The Bertz CT molecular complexity index is 558. The average molecular weight is 277 g/mol.